The maximum atomic E-state index is 2.76. The maximum absolute atomic E-state index is 2.76. The van der Waals surface area contributed by atoms with Gasteiger partial charge < -0.3 is 0 Å². The number of hydrogen-bond donors (Lipinski definition) is 0. The molecule has 3 aliphatic rings. The minimum atomic E-state index is 0.953. The van der Waals surface area contributed by atoms with Gasteiger partial charge in [-0.3, -0.25) is 9.80 Å². The van der Waals surface area contributed by atoms with E-state index in [1.165, 1.54) is 44.6 Å². The molecule has 3 fully saturated rings. The topological polar surface area (TPSA) is 6.48 Å². The fourth-order valence-electron chi connectivity index (χ4n) is 3.84. The number of nitrogens with zero attached hydrogens (tertiary/aromatic N) is 2. The van der Waals surface area contributed by atoms with Crippen LogP contribution in [-0.4, -0.2) is 42.0 Å². The maximum Gasteiger partial charge on any atom is 0.0233 e. The van der Waals surface area contributed by atoms with E-state index in [9.17, 15) is 0 Å². The van der Waals surface area contributed by atoms with Gasteiger partial charge in [0.15, 0.2) is 0 Å². The van der Waals surface area contributed by atoms with Gasteiger partial charge in [0.1, 0.15) is 0 Å². The predicted molar refractivity (Wildman–Crippen MR) is 73.3 cm³/mol. The van der Waals surface area contributed by atoms with Crippen molar-refractivity contribution in [3.05, 3.63) is 35.9 Å². The summed E-state index contributed by atoms with van der Waals surface area (Å²) in [7, 11) is 0. The Balaban J connectivity index is 1.35. The molecule has 2 nitrogen and oxygen atoms in total. The monoisotopic (exact) mass is 242 g/mol. The van der Waals surface area contributed by atoms with Crippen molar-refractivity contribution >= 4 is 0 Å². The quantitative estimate of drug-likeness (QED) is 0.802. The molecule has 2 heterocycles. The van der Waals surface area contributed by atoms with Crippen LogP contribution in [0.3, 0.4) is 0 Å². The van der Waals surface area contributed by atoms with Crippen LogP contribution in [0.25, 0.3) is 0 Å². The zero-order valence-corrected chi connectivity index (χ0v) is 11.0. The van der Waals surface area contributed by atoms with Gasteiger partial charge in [-0.1, -0.05) is 30.3 Å². The molecule has 1 aromatic rings. The molecule has 0 bridgehead atoms. The van der Waals surface area contributed by atoms with Crippen molar-refractivity contribution in [2.75, 3.05) is 26.2 Å². The smallest absolute Gasteiger partial charge is 0.0233 e. The third-order valence-electron chi connectivity index (χ3n) is 4.90. The average Bonchev–Trinajstić information content (AvgIpc) is 3.05. The van der Waals surface area contributed by atoms with Crippen LogP contribution in [0.1, 0.15) is 18.4 Å². The van der Waals surface area contributed by atoms with E-state index >= 15 is 0 Å². The van der Waals surface area contributed by atoms with E-state index in [0.717, 1.165) is 24.4 Å². The van der Waals surface area contributed by atoms with Crippen LogP contribution in [0.2, 0.25) is 0 Å². The summed E-state index contributed by atoms with van der Waals surface area (Å²) in [6.45, 7) is 6.55. The van der Waals surface area contributed by atoms with Crippen molar-refractivity contribution in [1.82, 2.24) is 9.80 Å². The molecular formula is C16H22N2. The molecule has 0 unspecified atom stereocenters. The van der Waals surface area contributed by atoms with E-state index in [0.29, 0.717) is 0 Å². The molecule has 1 saturated carbocycles. The molecule has 1 aliphatic carbocycles. The lowest BCUT2D eigenvalue weighted by molar-refractivity contribution is 0.245. The Morgan fingerprint density at radius 1 is 0.889 bits per heavy atom. The molecule has 0 radical (unpaired) electrons. The van der Waals surface area contributed by atoms with Gasteiger partial charge in [-0.05, 0) is 30.2 Å². The second-order valence-electron chi connectivity index (χ2n) is 6.38. The summed E-state index contributed by atoms with van der Waals surface area (Å²) in [6.07, 6.45) is 2.93. The van der Waals surface area contributed by atoms with Crippen molar-refractivity contribution < 1.29 is 0 Å². The summed E-state index contributed by atoms with van der Waals surface area (Å²) in [5, 5.41) is 0. The molecule has 2 aliphatic heterocycles. The molecule has 18 heavy (non-hydrogen) atoms. The highest BCUT2D eigenvalue weighted by atomic mass is 15.3. The third kappa shape index (κ3) is 2.08. The lowest BCUT2D eigenvalue weighted by atomic mass is 10.0. The van der Waals surface area contributed by atoms with Crippen LogP contribution in [0.5, 0.6) is 0 Å². The molecule has 0 spiro atoms. The highest BCUT2D eigenvalue weighted by Crippen LogP contribution is 2.38. The van der Waals surface area contributed by atoms with Crippen molar-refractivity contribution in [1.29, 1.82) is 0 Å². The fraction of sp³-hybridized carbons (Fsp3) is 0.625. The predicted octanol–water partition coefficient (Wildman–Crippen LogP) is 2.21. The minimum Gasteiger partial charge on any atom is -0.300 e. The number of fused-ring (bicyclic) bond motifs is 1. The number of likely N-dealkylation sites (tertiary alicyclic amines) is 2. The van der Waals surface area contributed by atoms with Gasteiger partial charge in [0.25, 0.3) is 0 Å². The van der Waals surface area contributed by atoms with E-state index < -0.39 is 0 Å². The van der Waals surface area contributed by atoms with Crippen LogP contribution >= 0.6 is 0 Å². The van der Waals surface area contributed by atoms with Crippen molar-refractivity contribution in [2.45, 2.75) is 25.4 Å². The van der Waals surface area contributed by atoms with E-state index in [1.807, 2.05) is 0 Å². The van der Waals surface area contributed by atoms with Crippen LogP contribution in [0.15, 0.2) is 30.3 Å². The van der Waals surface area contributed by atoms with Crippen molar-refractivity contribution in [3.8, 4) is 0 Å². The second-order valence-corrected chi connectivity index (χ2v) is 6.38. The van der Waals surface area contributed by atoms with Crippen molar-refractivity contribution in [2.24, 2.45) is 11.8 Å². The molecule has 4 rings (SSSR count). The van der Waals surface area contributed by atoms with Gasteiger partial charge in [0.05, 0.1) is 0 Å². The second kappa shape index (κ2) is 4.36. The Hall–Kier alpha value is -0.860. The normalized spacial score (nSPS) is 32.9. The van der Waals surface area contributed by atoms with Crippen LogP contribution in [-0.2, 0) is 6.54 Å². The molecular weight excluding hydrogens is 220 g/mol. The molecule has 0 N–H and O–H groups in total. The van der Waals surface area contributed by atoms with Crippen LogP contribution in [0, 0.1) is 11.8 Å². The molecule has 0 amide bonds. The van der Waals surface area contributed by atoms with E-state index in [4.69, 9.17) is 0 Å². The summed E-state index contributed by atoms with van der Waals surface area (Å²) < 4.78 is 0. The van der Waals surface area contributed by atoms with Gasteiger partial charge in [-0.2, -0.15) is 0 Å². The first-order valence-corrected chi connectivity index (χ1v) is 7.39. The minimum absolute atomic E-state index is 0.953. The third-order valence-corrected chi connectivity index (χ3v) is 4.90. The van der Waals surface area contributed by atoms with Gasteiger partial charge in [-0.15, -0.1) is 0 Å². The summed E-state index contributed by atoms with van der Waals surface area (Å²) >= 11 is 0. The van der Waals surface area contributed by atoms with Crippen molar-refractivity contribution in [3.63, 3.8) is 0 Å². The summed E-state index contributed by atoms with van der Waals surface area (Å²) in [5.74, 6) is 1.91. The standard InChI is InChI=1S/C16H22N2/c1-2-4-13(5-3-1)8-17-9-14-11-18(16-6-7-16)12-15(14)10-17/h1-5,14-16H,6-12H2/t14-,15-/m1/s1. The highest BCUT2D eigenvalue weighted by molar-refractivity contribution is 5.15. The highest BCUT2D eigenvalue weighted by Gasteiger charge is 2.43. The number of benzene rings is 1. The van der Waals surface area contributed by atoms with E-state index in [1.54, 1.807) is 0 Å². The molecule has 2 saturated heterocycles. The fourth-order valence-corrected chi connectivity index (χ4v) is 3.84. The zero-order chi connectivity index (χ0) is 11.9. The zero-order valence-electron chi connectivity index (χ0n) is 11.0. The lowest BCUT2D eigenvalue weighted by Crippen LogP contribution is -2.29. The first-order valence-electron chi connectivity index (χ1n) is 7.39. The van der Waals surface area contributed by atoms with E-state index in [2.05, 4.69) is 40.1 Å². The van der Waals surface area contributed by atoms with Crippen LogP contribution in [0.4, 0.5) is 0 Å². The number of rotatable bonds is 3. The van der Waals surface area contributed by atoms with Crippen LogP contribution < -0.4 is 0 Å². The Kier molecular flexibility index (Phi) is 2.66. The summed E-state index contributed by atoms with van der Waals surface area (Å²) in [5.41, 5.74) is 1.47. The molecule has 1 aromatic carbocycles. The molecule has 0 aromatic heterocycles. The van der Waals surface area contributed by atoms with Gasteiger partial charge in [-0.25, -0.2) is 0 Å². The molecule has 2 heteroatoms. The summed E-state index contributed by atoms with van der Waals surface area (Å²) in [6, 6.07) is 11.9. The largest absolute Gasteiger partial charge is 0.300 e. The van der Waals surface area contributed by atoms with E-state index in [-0.39, 0.29) is 0 Å². The Morgan fingerprint density at radius 3 is 2.17 bits per heavy atom. The SMILES string of the molecule is c1ccc(CN2C[C@@H]3CN(C4CC4)C[C@H]3C2)cc1. The lowest BCUT2D eigenvalue weighted by Gasteiger charge is -2.21. The molecule has 2 atom stereocenters. The number of hydrogen-bond acceptors (Lipinski definition) is 2. The van der Waals surface area contributed by atoms with Gasteiger partial charge in [0.2, 0.25) is 0 Å². The Labute approximate surface area is 110 Å². The first kappa shape index (κ1) is 11.0. The van der Waals surface area contributed by atoms with Gasteiger partial charge >= 0.3 is 0 Å². The molecule has 96 valence electrons. The van der Waals surface area contributed by atoms with Gasteiger partial charge in [0, 0.05) is 38.8 Å². The summed E-state index contributed by atoms with van der Waals surface area (Å²) in [4.78, 5) is 5.42. The Morgan fingerprint density at radius 2 is 1.56 bits per heavy atom. The first-order chi connectivity index (χ1) is 8.88. The Bertz CT molecular complexity index is 398. The average molecular weight is 242 g/mol.